The Morgan fingerprint density at radius 2 is 2.03 bits per heavy atom. The number of nitrogens with one attached hydrogen (secondary N) is 2. The van der Waals surface area contributed by atoms with Crippen molar-refractivity contribution in [3.8, 4) is 11.1 Å². The SMILES string of the molecule is [C-]#[N+]c1cccc(-c2cc(Nc3ccnc(CC(C)=O)c3)c(C(C)C)[nH]c2=O)c1. The highest BCUT2D eigenvalue weighted by Crippen LogP contribution is 2.29. The van der Waals surface area contributed by atoms with Crippen LogP contribution in [0.15, 0.2) is 53.5 Å². The summed E-state index contributed by atoms with van der Waals surface area (Å²) in [6, 6.07) is 12.4. The van der Waals surface area contributed by atoms with E-state index < -0.39 is 0 Å². The van der Waals surface area contributed by atoms with E-state index in [2.05, 4.69) is 20.1 Å². The number of rotatable bonds is 6. The summed E-state index contributed by atoms with van der Waals surface area (Å²) in [5, 5.41) is 3.35. The van der Waals surface area contributed by atoms with Crippen LogP contribution in [0.4, 0.5) is 17.1 Å². The molecule has 6 nitrogen and oxygen atoms in total. The Morgan fingerprint density at radius 3 is 2.72 bits per heavy atom. The number of pyridine rings is 2. The average molecular weight is 386 g/mol. The van der Waals surface area contributed by atoms with Gasteiger partial charge in [-0.3, -0.25) is 14.6 Å². The second kappa shape index (κ2) is 8.53. The highest BCUT2D eigenvalue weighted by atomic mass is 16.1. The summed E-state index contributed by atoms with van der Waals surface area (Å²) in [4.78, 5) is 34.8. The van der Waals surface area contributed by atoms with E-state index in [9.17, 15) is 9.59 Å². The Bertz CT molecular complexity index is 1160. The highest BCUT2D eigenvalue weighted by molar-refractivity contribution is 5.78. The van der Waals surface area contributed by atoms with Crippen molar-refractivity contribution >= 4 is 22.8 Å². The van der Waals surface area contributed by atoms with Crippen molar-refractivity contribution < 1.29 is 4.79 Å². The van der Waals surface area contributed by atoms with Crippen LogP contribution in [-0.4, -0.2) is 15.8 Å². The number of Topliss-reactive ketones (excluding diaryl/α,β-unsaturated/α-hetero) is 1. The molecule has 1 aromatic carbocycles. The highest BCUT2D eigenvalue weighted by Gasteiger charge is 2.14. The van der Waals surface area contributed by atoms with Gasteiger partial charge in [0.2, 0.25) is 0 Å². The molecule has 0 unspecified atom stereocenters. The van der Waals surface area contributed by atoms with Gasteiger partial charge in [-0.25, -0.2) is 4.85 Å². The lowest BCUT2D eigenvalue weighted by atomic mass is 10.0. The molecule has 0 atom stereocenters. The molecule has 2 heterocycles. The lowest BCUT2D eigenvalue weighted by Gasteiger charge is -2.16. The van der Waals surface area contributed by atoms with Crippen molar-refractivity contribution in [2.45, 2.75) is 33.1 Å². The van der Waals surface area contributed by atoms with Gasteiger partial charge >= 0.3 is 0 Å². The molecule has 3 aromatic rings. The molecule has 0 aliphatic rings. The molecule has 29 heavy (non-hydrogen) atoms. The minimum atomic E-state index is -0.201. The number of carbonyl (C=O) groups is 1. The standard InChI is InChI=1S/C23H22N4O2/c1-14(2)22-21(26-18-8-9-25-19(12-18)10-15(3)28)13-20(23(29)27-22)16-6-5-7-17(11-16)24-4/h5-9,11-14H,10H2,1-3H3,(H,25,26)(H,27,29). The monoisotopic (exact) mass is 386 g/mol. The smallest absolute Gasteiger partial charge is 0.256 e. The largest absolute Gasteiger partial charge is 0.354 e. The van der Waals surface area contributed by atoms with Crippen molar-refractivity contribution in [3.05, 3.63) is 81.8 Å². The van der Waals surface area contributed by atoms with E-state index in [1.54, 1.807) is 24.4 Å². The van der Waals surface area contributed by atoms with Crippen LogP contribution in [0.2, 0.25) is 0 Å². The van der Waals surface area contributed by atoms with Crippen LogP contribution < -0.4 is 10.9 Å². The van der Waals surface area contributed by atoms with Crippen molar-refractivity contribution in [3.63, 3.8) is 0 Å². The number of aromatic amines is 1. The van der Waals surface area contributed by atoms with E-state index in [1.807, 2.05) is 38.1 Å². The third kappa shape index (κ3) is 4.77. The normalized spacial score (nSPS) is 10.6. The molecule has 0 amide bonds. The number of hydrogen-bond donors (Lipinski definition) is 2. The summed E-state index contributed by atoms with van der Waals surface area (Å²) >= 11 is 0. The summed E-state index contributed by atoms with van der Waals surface area (Å²) in [5.41, 5.74) is 4.47. The van der Waals surface area contributed by atoms with Crippen LogP contribution in [0.25, 0.3) is 16.0 Å². The van der Waals surface area contributed by atoms with Gasteiger partial charge in [-0.15, -0.1) is 0 Å². The van der Waals surface area contributed by atoms with Crippen LogP contribution in [-0.2, 0) is 11.2 Å². The van der Waals surface area contributed by atoms with Crippen LogP contribution in [0, 0.1) is 6.57 Å². The predicted octanol–water partition coefficient (Wildman–Crippen LogP) is 4.99. The summed E-state index contributed by atoms with van der Waals surface area (Å²) in [6.45, 7) is 12.7. The number of nitrogens with zero attached hydrogens (tertiary/aromatic N) is 2. The predicted molar refractivity (Wildman–Crippen MR) is 115 cm³/mol. The molecule has 0 saturated heterocycles. The molecule has 0 radical (unpaired) electrons. The van der Waals surface area contributed by atoms with E-state index in [0.717, 1.165) is 17.1 Å². The molecule has 0 bridgehead atoms. The fraction of sp³-hybridized carbons (Fsp3) is 0.217. The van der Waals surface area contributed by atoms with Crippen molar-refractivity contribution in [1.82, 2.24) is 9.97 Å². The van der Waals surface area contributed by atoms with E-state index in [-0.39, 0.29) is 23.7 Å². The van der Waals surface area contributed by atoms with Gasteiger partial charge in [0, 0.05) is 35.3 Å². The molecule has 3 rings (SSSR count). The zero-order valence-corrected chi connectivity index (χ0v) is 16.6. The van der Waals surface area contributed by atoms with Crippen molar-refractivity contribution in [2.75, 3.05) is 5.32 Å². The fourth-order valence-corrected chi connectivity index (χ4v) is 3.12. The van der Waals surface area contributed by atoms with Crippen molar-refractivity contribution in [2.24, 2.45) is 0 Å². The second-order valence-corrected chi connectivity index (χ2v) is 7.20. The minimum Gasteiger partial charge on any atom is -0.354 e. The van der Waals surface area contributed by atoms with Gasteiger partial charge < -0.3 is 10.3 Å². The maximum atomic E-state index is 12.7. The second-order valence-electron chi connectivity index (χ2n) is 7.20. The first-order chi connectivity index (χ1) is 13.9. The lowest BCUT2D eigenvalue weighted by Crippen LogP contribution is -2.15. The zero-order valence-electron chi connectivity index (χ0n) is 16.6. The molecule has 2 N–H and O–H groups in total. The summed E-state index contributed by atoms with van der Waals surface area (Å²) < 4.78 is 0. The third-order valence-electron chi connectivity index (χ3n) is 4.46. The first-order valence-corrected chi connectivity index (χ1v) is 9.34. The molecular formula is C23H22N4O2. The number of hydrogen-bond acceptors (Lipinski definition) is 4. The molecule has 2 aromatic heterocycles. The Hall–Kier alpha value is -3.72. The van der Waals surface area contributed by atoms with Crippen LogP contribution in [0.5, 0.6) is 0 Å². The van der Waals surface area contributed by atoms with E-state index >= 15 is 0 Å². The number of benzene rings is 1. The molecular weight excluding hydrogens is 364 g/mol. The molecule has 0 fully saturated rings. The topological polar surface area (TPSA) is 79.2 Å². The summed E-state index contributed by atoms with van der Waals surface area (Å²) in [6.07, 6.45) is 1.92. The quantitative estimate of drug-likeness (QED) is 0.585. The van der Waals surface area contributed by atoms with Gasteiger partial charge in [0.15, 0.2) is 5.69 Å². The third-order valence-corrected chi connectivity index (χ3v) is 4.46. The number of aromatic nitrogens is 2. The first kappa shape index (κ1) is 20.0. The Kier molecular flexibility index (Phi) is 5.89. The average Bonchev–Trinajstić information content (AvgIpc) is 2.68. The van der Waals surface area contributed by atoms with Gasteiger partial charge in [-0.05, 0) is 42.7 Å². The van der Waals surface area contributed by atoms with Crippen LogP contribution in [0.3, 0.4) is 0 Å². The fourth-order valence-electron chi connectivity index (χ4n) is 3.12. The molecule has 0 saturated carbocycles. The van der Waals surface area contributed by atoms with E-state index in [0.29, 0.717) is 22.5 Å². The number of ketones is 1. The zero-order chi connectivity index (χ0) is 21.0. The van der Waals surface area contributed by atoms with Crippen LogP contribution >= 0.6 is 0 Å². The number of anilines is 2. The maximum Gasteiger partial charge on any atom is 0.256 e. The van der Waals surface area contributed by atoms with Gasteiger partial charge in [-0.2, -0.15) is 0 Å². The summed E-state index contributed by atoms with van der Waals surface area (Å²) in [5.74, 6) is 0.135. The molecule has 0 spiro atoms. The Balaban J connectivity index is 2.06. The Morgan fingerprint density at radius 1 is 1.24 bits per heavy atom. The van der Waals surface area contributed by atoms with E-state index in [4.69, 9.17) is 6.57 Å². The van der Waals surface area contributed by atoms with Crippen LogP contribution in [0.1, 0.15) is 38.1 Å². The van der Waals surface area contributed by atoms with E-state index in [1.165, 1.54) is 6.92 Å². The maximum absolute atomic E-state index is 12.7. The van der Waals surface area contributed by atoms with Gasteiger partial charge in [0.1, 0.15) is 5.78 Å². The van der Waals surface area contributed by atoms with Gasteiger partial charge in [0.05, 0.1) is 12.3 Å². The minimum absolute atomic E-state index is 0.0449. The number of carbonyl (C=O) groups excluding carboxylic acids is 1. The lowest BCUT2D eigenvalue weighted by molar-refractivity contribution is -0.116. The van der Waals surface area contributed by atoms with Crippen molar-refractivity contribution in [1.29, 1.82) is 0 Å². The van der Waals surface area contributed by atoms with Gasteiger partial charge in [0.25, 0.3) is 5.56 Å². The molecule has 0 aliphatic carbocycles. The Labute approximate surface area is 169 Å². The first-order valence-electron chi connectivity index (χ1n) is 9.34. The number of H-pyrrole nitrogens is 1. The molecule has 6 heteroatoms. The molecule has 146 valence electrons. The van der Waals surface area contributed by atoms with Gasteiger partial charge in [-0.1, -0.05) is 32.0 Å². The molecule has 0 aliphatic heterocycles. The summed E-state index contributed by atoms with van der Waals surface area (Å²) in [7, 11) is 0.